The molecule has 6 nitrogen and oxygen atoms in total. The number of carboxylic acid groups (broad SMARTS) is 1. The van der Waals surface area contributed by atoms with Gasteiger partial charge in [-0.2, -0.15) is 0 Å². The Kier molecular flexibility index (Phi) is 3.71. The zero-order valence-corrected chi connectivity index (χ0v) is 10.5. The number of aromatic nitrogens is 1. The third-order valence-electron chi connectivity index (χ3n) is 2.62. The van der Waals surface area contributed by atoms with Crippen molar-refractivity contribution in [2.24, 2.45) is 0 Å². The molecule has 96 valence electrons. The summed E-state index contributed by atoms with van der Waals surface area (Å²) >= 11 is 1.43. The van der Waals surface area contributed by atoms with Crippen molar-refractivity contribution < 1.29 is 19.4 Å². The van der Waals surface area contributed by atoms with Gasteiger partial charge in [-0.1, -0.05) is 0 Å². The molecular weight excluding hydrogens is 256 g/mol. The van der Waals surface area contributed by atoms with Gasteiger partial charge in [-0.3, -0.25) is 4.79 Å². The van der Waals surface area contributed by atoms with Crippen molar-refractivity contribution in [3.63, 3.8) is 0 Å². The molecule has 1 atom stereocenters. The summed E-state index contributed by atoms with van der Waals surface area (Å²) in [4.78, 5) is 28.4. The number of methoxy groups -OCH3 is 1. The van der Waals surface area contributed by atoms with Crippen LogP contribution in [-0.2, 0) is 4.79 Å². The summed E-state index contributed by atoms with van der Waals surface area (Å²) in [6, 6.07) is 2.40. The summed E-state index contributed by atoms with van der Waals surface area (Å²) in [6.07, 6.45) is 1.39. The molecule has 2 heterocycles. The molecule has 0 saturated carbocycles. The standard InChI is InChI=1S/C11H12N2O4S/c1-17-9-3-2-7(4-12-9)10(14)13-6-18-5-8(13)11(15)16/h2-4,8H,5-6H2,1H3,(H,15,16)/t8-/m0/s1. The molecular formula is C11H12N2O4S. The highest BCUT2D eigenvalue weighted by atomic mass is 32.2. The Morgan fingerprint density at radius 3 is 2.89 bits per heavy atom. The molecule has 0 aromatic carbocycles. The Bertz CT molecular complexity index is 463. The maximum Gasteiger partial charge on any atom is 0.327 e. The summed E-state index contributed by atoms with van der Waals surface area (Å²) in [5.41, 5.74) is 0.365. The lowest BCUT2D eigenvalue weighted by molar-refractivity contribution is -0.140. The first-order chi connectivity index (χ1) is 8.63. The van der Waals surface area contributed by atoms with Crippen molar-refractivity contribution in [3.05, 3.63) is 23.9 Å². The number of nitrogens with zero attached hydrogens (tertiary/aromatic N) is 2. The number of hydrogen-bond acceptors (Lipinski definition) is 5. The van der Waals surface area contributed by atoms with E-state index in [-0.39, 0.29) is 5.91 Å². The maximum absolute atomic E-state index is 12.1. The quantitative estimate of drug-likeness (QED) is 0.868. The SMILES string of the molecule is COc1ccc(C(=O)N2CSC[C@H]2C(=O)O)cn1. The topological polar surface area (TPSA) is 79.7 Å². The summed E-state index contributed by atoms with van der Waals surface area (Å²) in [6.45, 7) is 0. The minimum atomic E-state index is -0.977. The monoisotopic (exact) mass is 268 g/mol. The van der Waals surface area contributed by atoms with Crippen LogP contribution in [0.15, 0.2) is 18.3 Å². The van der Waals surface area contributed by atoms with Crippen LogP contribution in [0.4, 0.5) is 0 Å². The van der Waals surface area contributed by atoms with Crippen LogP contribution in [0, 0.1) is 0 Å². The van der Waals surface area contributed by atoms with E-state index in [4.69, 9.17) is 9.84 Å². The molecule has 2 rings (SSSR count). The third kappa shape index (κ3) is 2.40. The fourth-order valence-corrected chi connectivity index (χ4v) is 2.79. The van der Waals surface area contributed by atoms with E-state index in [2.05, 4.69) is 4.98 Å². The fourth-order valence-electron chi connectivity index (χ4n) is 1.64. The van der Waals surface area contributed by atoms with Gasteiger partial charge in [-0.05, 0) is 6.07 Å². The molecule has 0 radical (unpaired) electrons. The second-order valence-electron chi connectivity index (χ2n) is 3.72. The zero-order chi connectivity index (χ0) is 13.1. The van der Waals surface area contributed by atoms with Gasteiger partial charge in [-0.25, -0.2) is 9.78 Å². The smallest absolute Gasteiger partial charge is 0.327 e. The van der Waals surface area contributed by atoms with E-state index in [0.29, 0.717) is 23.1 Å². The molecule has 1 aromatic heterocycles. The normalized spacial score (nSPS) is 18.7. The molecule has 1 N–H and O–H groups in total. The second kappa shape index (κ2) is 5.26. The van der Waals surface area contributed by atoms with Gasteiger partial charge in [0.15, 0.2) is 0 Å². The Labute approximate surface area is 108 Å². The van der Waals surface area contributed by atoms with E-state index in [1.807, 2.05) is 0 Å². The number of carbonyl (C=O) groups is 2. The number of hydrogen-bond donors (Lipinski definition) is 1. The van der Waals surface area contributed by atoms with Crippen LogP contribution < -0.4 is 4.74 Å². The van der Waals surface area contributed by atoms with Gasteiger partial charge in [0.2, 0.25) is 5.88 Å². The van der Waals surface area contributed by atoms with Crippen LogP contribution in [0.25, 0.3) is 0 Å². The lowest BCUT2D eigenvalue weighted by Crippen LogP contribution is -2.41. The number of aliphatic carboxylic acids is 1. The number of carboxylic acids is 1. The Balaban J connectivity index is 2.17. The molecule has 1 aromatic rings. The number of amides is 1. The van der Waals surface area contributed by atoms with Gasteiger partial charge in [0.25, 0.3) is 5.91 Å². The van der Waals surface area contributed by atoms with Crippen LogP contribution in [0.2, 0.25) is 0 Å². The van der Waals surface area contributed by atoms with Gasteiger partial charge >= 0.3 is 5.97 Å². The number of rotatable bonds is 3. The predicted octanol–water partition coefficient (Wildman–Crippen LogP) is 0.690. The largest absolute Gasteiger partial charge is 0.481 e. The molecule has 1 saturated heterocycles. The second-order valence-corrected chi connectivity index (χ2v) is 4.72. The average molecular weight is 268 g/mol. The Hall–Kier alpha value is -1.76. The van der Waals surface area contributed by atoms with Crippen molar-refractivity contribution in [2.45, 2.75) is 6.04 Å². The lowest BCUT2D eigenvalue weighted by Gasteiger charge is -2.20. The third-order valence-corrected chi connectivity index (χ3v) is 3.63. The minimum absolute atomic E-state index is 0.317. The fraction of sp³-hybridized carbons (Fsp3) is 0.364. The van der Waals surface area contributed by atoms with Gasteiger partial charge in [-0.15, -0.1) is 11.8 Å². The van der Waals surface area contributed by atoms with Crippen LogP contribution in [0.1, 0.15) is 10.4 Å². The molecule has 7 heteroatoms. The lowest BCUT2D eigenvalue weighted by atomic mass is 10.2. The molecule has 0 bridgehead atoms. The first-order valence-corrected chi connectivity index (χ1v) is 6.40. The first-order valence-electron chi connectivity index (χ1n) is 5.25. The summed E-state index contributed by atoms with van der Waals surface area (Å²) in [5.74, 6) is -0.0681. The van der Waals surface area contributed by atoms with Crippen LogP contribution in [0.3, 0.4) is 0 Å². The zero-order valence-electron chi connectivity index (χ0n) is 9.70. The summed E-state index contributed by atoms with van der Waals surface area (Å²) in [7, 11) is 1.49. The van der Waals surface area contributed by atoms with E-state index in [9.17, 15) is 9.59 Å². The van der Waals surface area contributed by atoms with Gasteiger partial charge in [0.1, 0.15) is 6.04 Å². The number of carbonyl (C=O) groups excluding carboxylic acids is 1. The summed E-state index contributed by atoms with van der Waals surface area (Å²) < 4.78 is 4.90. The molecule has 0 aliphatic carbocycles. The van der Waals surface area contributed by atoms with E-state index >= 15 is 0 Å². The van der Waals surface area contributed by atoms with Crippen molar-refractivity contribution in [2.75, 3.05) is 18.7 Å². The Morgan fingerprint density at radius 1 is 1.56 bits per heavy atom. The number of thioether (sulfide) groups is 1. The van der Waals surface area contributed by atoms with Gasteiger partial charge in [0, 0.05) is 18.0 Å². The van der Waals surface area contributed by atoms with Crippen LogP contribution >= 0.6 is 11.8 Å². The number of ether oxygens (including phenoxy) is 1. The summed E-state index contributed by atoms with van der Waals surface area (Å²) in [5, 5.41) is 9.02. The van der Waals surface area contributed by atoms with Crippen molar-refractivity contribution in [1.82, 2.24) is 9.88 Å². The maximum atomic E-state index is 12.1. The molecule has 1 aliphatic rings. The molecule has 0 unspecified atom stereocenters. The van der Waals surface area contributed by atoms with E-state index in [0.717, 1.165) is 0 Å². The van der Waals surface area contributed by atoms with Crippen LogP contribution in [-0.4, -0.2) is 51.6 Å². The van der Waals surface area contributed by atoms with Crippen molar-refractivity contribution >= 4 is 23.6 Å². The van der Waals surface area contributed by atoms with Gasteiger partial charge < -0.3 is 14.7 Å². The molecule has 0 spiro atoms. The highest BCUT2D eigenvalue weighted by Gasteiger charge is 2.35. The van der Waals surface area contributed by atoms with E-state index in [1.54, 1.807) is 12.1 Å². The van der Waals surface area contributed by atoms with Crippen molar-refractivity contribution in [1.29, 1.82) is 0 Å². The highest BCUT2D eigenvalue weighted by Crippen LogP contribution is 2.23. The highest BCUT2D eigenvalue weighted by molar-refractivity contribution is 7.99. The predicted molar refractivity (Wildman–Crippen MR) is 65.7 cm³/mol. The van der Waals surface area contributed by atoms with E-state index < -0.39 is 12.0 Å². The first kappa shape index (κ1) is 12.7. The molecule has 1 amide bonds. The molecule has 1 aliphatic heterocycles. The molecule has 18 heavy (non-hydrogen) atoms. The minimum Gasteiger partial charge on any atom is -0.481 e. The Morgan fingerprint density at radius 2 is 2.33 bits per heavy atom. The average Bonchev–Trinajstić information content (AvgIpc) is 2.87. The molecule has 1 fully saturated rings. The van der Waals surface area contributed by atoms with E-state index in [1.165, 1.54) is 30.0 Å². The van der Waals surface area contributed by atoms with Crippen LogP contribution in [0.5, 0.6) is 5.88 Å². The van der Waals surface area contributed by atoms with Crippen molar-refractivity contribution in [3.8, 4) is 5.88 Å². The number of pyridine rings is 1. The van der Waals surface area contributed by atoms with Gasteiger partial charge in [0.05, 0.1) is 18.6 Å².